The zero-order valence-electron chi connectivity index (χ0n) is 10.3. The molecule has 0 bridgehead atoms. The fraction of sp³-hybridized carbons (Fsp3) is 1.00. The number of ether oxygens (including phenoxy) is 1. The van der Waals surface area contributed by atoms with Gasteiger partial charge in [-0.2, -0.15) is 0 Å². The van der Waals surface area contributed by atoms with Crippen molar-refractivity contribution in [2.45, 2.75) is 33.1 Å². The Morgan fingerprint density at radius 2 is 2.00 bits per heavy atom. The summed E-state index contributed by atoms with van der Waals surface area (Å²) in [6.07, 6.45) is 3.99. The van der Waals surface area contributed by atoms with Crippen molar-refractivity contribution >= 4 is 0 Å². The molecule has 2 N–H and O–H groups in total. The monoisotopic (exact) mass is 214 g/mol. The average molecular weight is 214 g/mol. The SMILES string of the molecule is CC1(C)CCCN(CCOCCN)CC1. The largest absolute Gasteiger partial charge is 0.379 e. The predicted molar refractivity (Wildman–Crippen MR) is 63.9 cm³/mol. The summed E-state index contributed by atoms with van der Waals surface area (Å²) >= 11 is 0. The quantitative estimate of drug-likeness (QED) is 0.704. The van der Waals surface area contributed by atoms with E-state index in [1.165, 1.54) is 32.4 Å². The third kappa shape index (κ3) is 5.50. The normalized spacial score (nSPS) is 22.6. The van der Waals surface area contributed by atoms with Gasteiger partial charge in [-0.15, -0.1) is 0 Å². The fourth-order valence-electron chi connectivity index (χ4n) is 2.08. The van der Waals surface area contributed by atoms with Gasteiger partial charge in [0, 0.05) is 13.1 Å². The van der Waals surface area contributed by atoms with E-state index in [0.29, 0.717) is 18.6 Å². The van der Waals surface area contributed by atoms with Crippen LogP contribution in [0.25, 0.3) is 0 Å². The molecule has 0 aromatic carbocycles. The molecule has 1 fully saturated rings. The summed E-state index contributed by atoms with van der Waals surface area (Å²) in [6.45, 7) is 10.4. The van der Waals surface area contributed by atoms with Crippen molar-refractivity contribution < 1.29 is 4.74 Å². The first kappa shape index (κ1) is 12.9. The topological polar surface area (TPSA) is 38.5 Å². The van der Waals surface area contributed by atoms with E-state index in [0.717, 1.165) is 13.2 Å². The number of nitrogens with zero attached hydrogens (tertiary/aromatic N) is 1. The van der Waals surface area contributed by atoms with Crippen molar-refractivity contribution in [3.8, 4) is 0 Å². The van der Waals surface area contributed by atoms with E-state index in [1.54, 1.807) is 0 Å². The molecule has 3 nitrogen and oxygen atoms in total. The molecule has 1 saturated heterocycles. The highest BCUT2D eigenvalue weighted by Gasteiger charge is 2.22. The Morgan fingerprint density at radius 3 is 2.73 bits per heavy atom. The molecule has 0 unspecified atom stereocenters. The van der Waals surface area contributed by atoms with Crippen molar-refractivity contribution in [2.75, 3.05) is 39.4 Å². The van der Waals surface area contributed by atoms with Crippen LogP contribution in [-0.2, 0) is 4.74 Å². The first-order valence-corrected chi connectivity index (χ1v) is 6.14. The molecule has 15 heavy (non-hydrogen) atoms. The molecule has 1 aliphatic heterocycles. The van der Waals surface area contributed by atoms with Crippen LogP contribution < -0.4 is 5.73 Å². The minimum absolute atomic E-state index is 0.535. The highest BCUT2D eigenvalue weighted by Crippen LogP contribution is 2.29. The lowest BCUT2D eigenvalue weighted by Crippen LogP contribution is -2.29. The molecule has 1 rings (SSSR count). The van der Waals surface area contributed by atoms with Gasteiger partial charge in [0.2, 0.25) is 0 Å². The highest BCUT2D eigenvalue weighted by molar-refractivity contribution is 4.75. The molecular formula is C12H26N2O. The molecule has 1 aliphatic rings. The third-order valence-electron chi connectivity index (χ3n) is 3.25. The molecule has 0 aliphatic carbocycles. The van der Waals surface area contributed by atoms with Crippen molar-refractivity contribution in [1.82, 2.24) is 4.90 Å². The second kappa shape index (κ2) is 6.46. The lowest BCUT2D eigenvalue weighted by molar-refractivity contribution is 0.109. The fourth-order valence-corrected chi connectivity index (χ4v) is 2.08. The number of hydrogen-bond acceptors (Lipinski definition) is 3. The molecule has 0 atom stereocenters. The maximum absolute atomic E-state index is 5.41. The van der Waals surface area contributed by atoms with Crippen LogP contribution in [0.4, 0.5) is 0 Å². The molecule has 0 radical (unpaired) electrons. The molecular weight excluding hydrogens is 188 g/mol. The minimum atomic E-state index is 0.535. The number of nitrogens with two attached hydrogens (primary N) is 1. The predicted octanol–water partition coefficient (Wildman–Crippen LogP) is 1.47. The van der Waals surface area contributed by atoms with Gasteiger partial charge in [0.25, 0.3) is 0 Å². The first-order chi connectivity index (χ1) is 7.14. The molecule has 1 heterocycles. The Balaban J connectivity index is 2.14. The smallest absolute Gasteiger partial charge is 0.0594 e. The van der Waals surface area contributed by atoms with E-state index < -0.39 is 0 Å². The summed E-state index contributed by atoms with van der Waals surface area (Å²) in [6, 6.07) is 0. The second-order valence-corrected chi connectivity index (χ2v) is 5.26. The van der Waals surface area contributed by atoms with Gasteiger partial charge in [0.1, 0.15) is 0 Å². The van der Waals surface area contributed by atoms with E-state index in [1.807, 2.05) is 0 Å². The van der Waals surface area contributed by atoms with Gasteiger partial charge < -0.3 is 15.4 Å². The van der Waals surface area contributed by atoms with E-state index in [-0.39, 0.29) is 0 Å². The van der Waals surface area contributed by atoms with Crippen molar-refractivity contribution in [3.05, 3.63) is 0 Å². The van der Waals surface area contributed by atoms with E-state index in [2.05, 4.69) is 18.7 Å². The molecule has 0 aromatic heterocycles. The van der Waals surface area contributed by atoms with Crippen molar-refractivity contribution in [3.63, 3.8) is 0 Å². The standard InChI is InChI=1S/C12H26N2O/c1-12(2)4-3-7-14(8-5-12)9-11-15-10-6-13/h3-11,13H2,1-2H3. The van der Waals surface area contributed by atoms with Gasteiger partial charge >= 0.3 is 0 Å². The summed E-state index contributed by atoms with van der Waals surface area (Å²) in [5.41, 5.74) is 5.90. The zero-order valence-corrected chi connectivity index (χ0v) is 10.3. The molecule has 3 heteroatoms. The Labute approximate surface area is 94.0 Å². The first-order valence-electron chi connectivity index (χ1n) is 6.14. The Morgan fingerprint density at radius 1 is 1.20 bits per heavy atom. The minimum Gasteiger partial charge on any atom is -0.379 e. The van der Waals surface area contributed by atoms with E-state index in [4.69, 9.17) is 10.5 Å². The van der Waals surface area contributed by atoms with Gasteiger partial charge in [0.05, 0.1) is 13.2 Å². The molecule has 90 valence electrons. The van der Waals surface area contributed by atoms with Crippen LogP contribution in [0.3, 0.4) is 0 Å². The molecule has 0 saturated carbocycles. The summed E-state index contributed by atoms with van der Waals surface area (Å²) in [5.74, 6) is 0. The summed E-state index contributed by atoms with van der Waals surface area (Å²) in [5, 5.41) is 0. The van der Waals surface area contributed by atoms with Crippen LogP contribution in [0.2, 0.25) is 0 Å². The van der Waals surface area contributed by atoms with Gasteiger partial charge in [-0.3, -0.25) is 0 Å². The van der Waals surface area contributed by atoms with Gasteiger partial charge in [-0.1, -0.05) is 13.8 Å². The third-order valence-corrected chi connectivity index (χ3v) is 3.25. The Hall–Kier alpha value is -0.120. The molecule has 0 spiro atoms. The summed E-state index contributed by atoms with van der Waals surface area (Å²) < 4.78 is 5.41. The molecule has 0 amide bonds. The van der Waals surface area contributed by atoms with Crippen LogP contribution in [0.15, 0.2) is 0 Å². The van der Waals surface area contributed by atoms with Crippen LogP contribution in [0.5, 0.6) is 0 Å². The van der Waals surface area contributed by atoms with Gasteiger partial charge in [0.15, 0.2) is 0 Å². The molecule has 0 aromatic rings. The number of likely N-dealkylation sites (tertiary alicyclic amines) is 1. The maximum Gasteiger partial charge on any atom is 0.0594 e. The van der Waals surface area contributed by atoms with E-state index in [9.17, 15) is 0 Å². The van der Waals surface area contributed by atoms with Crippen LogP contribution >= 0.6 is 0 Å². The zero-order chi connectivity index (χ0) is 11.1. The number of hydrogen-bond donors (Lipinski definition) is 1. The lowest BCUT2D eigenvalue weighted by atomic mass is 9.85. The summed E-state index contributed by atoms with van der Waals surface area (Å²) in [4.78, 5) is 2.52. The van der Waals surface area contributed by atoms with Crippen molar-refractivity contribution in [2.24, 2.45) is 11.1 Å². The van der Waals surface area contributed by atoms with Gasteiger partial charge in [-0.25, -0.2) is 0 Å². The summed E-state index contributed by atoms with van der Waals surface area (Å²) in [7, 11) is 0. The van der Waals surface area contributed by atoms with Crippen LogP contribution in [-0.4, -0.2) is 44.3 Å². The Bertz CT molecular complexity index is 171. The highest BCUT2D eigenvalue weighted by atomic mass is 16.5. The lowest BCUT2D eigenvalue weighted by Gasteiger charge is -2.23. The average Bonchev–Trinajstić information content (AvgIpc) is 2.35. The van der Waals surface area contributed by atoms with E-state index >= 15 is 0 Å². The second-order valence-electron chi connectivity index (χ2n) is 5.26. The number of rotatable bonds is 5. The van der Waals surface area contributed by atoms with Gasteiger partial charge in [-0.05, 0) is 37.8 Å². The van der Waals surface area contributed by atoms with Crippen LogP contribution in [0.1, 0.15) is 33.1 Å². The Kier molecular flexibility index (Phi) is 5.58. The van der Waals surface area contributed by atoms with Crippen molar-refractivity contribution in [1.29, 1.82) is 0 Å². The van der Waals surface area contributed by atoms with Crippen LogP contribution in [0, 0.1) is 5.41 Å². The maximum atomic E-state index is 5.41.